The van der Waals surface area contributed by atoms with Gasteiger partial charge in [-0.1, -0.05) is 42.5 Å². The lowest BCUT2D eigenvalue weighted by Crippen LogP contribution is -2.04. The van der Waals surface area contributed by atoms with Gasteiger partial charge in [0.15, 0.2) is 0 Å². The fraction of sp³-hybridized carbons (Fsp3) is 0.143. The molecule has 0 bridgehead atoms. The van der Waals surface area contributed by atoms with Gasteiger partial charge < -0.3 is 5.32 Å². The molecule has 2 aromatic rings. The number of halogens is 3. The number of hydrogen-bond acceptors (Lipinski definition) is 2. The minimum Gasteiger partial charge on any atom is -0.380 e. The van der Waals surface area contributed by atoms with Crippen LogP contribution < -0.4 is 5.32 Å². The Morgan fingerprint density at radius 2 is 1.53 bits per heavy atom. The van der Waals surface area contributed by atoms with Gasteiger partial charge in [-0.3, -0.25) is 0 Å². The second-order valence-electron chi connectivity index (χ2n) is 3.88. The highest BCUT2D eigenvalue weighted by molar-refractivity contribution is 8.00. The summed E-state index contributed by atoms with van der Waals surface area (Å²) in [4.78, 5) is 0.186. The molecule has 0 atom stereocenters. The second-order valence-corrected chi connectivity index (χ2v) is 4.99. The Kier molecular flexibility index (Phi) is 4.37. The molecule has 2 rings (SSSR count). The van der Waals surface area contributed by atoms with Crippen molar-refractivity contribution < 1.29 is 13.2 Å². The van der Waals surface area contributed by atoms with Crippen LogP contribution in [-0.4, -0.2) is 5.51 Å². The normalized spacial score (nSPS) is 11.3. The number of hydrogen-bond donors (Lipinski definition) is 1. The van der Waals surface area contributed by atoms with Crippen LogP contribution in [0, 0.1) is 0 Å². The minimum absolute atomic E-state index is 0.1000. The summed E-state index contributed by atoms with van der Waals surface area (Å²) in [5.41, 5.74) is -2.76. The summed E-state index contributed by atoms with van der Waals surface area (Å²) >= 11 is -0.1000. The number of para-hydroxylation sites is 1. The van der Waals surface area contributed by atoms with Crippen molar-refractivity contribution >= 4 is 17.4 Å². The summed E-state index contributed by atoms with van der Waals surface area (Å²) in [5.74, 6) is 0. The van der Waals surface area contributed by atoms with Crippen molar-refractivity contribution in [2.24, 2.45) is 0 Å². The molecule has 0 aliphatic rings. The van der Waals surface area contributed by atoms with Gasteiger partial charge >= 0.3 is 5.51 Å². The Hall–Kier alpha value is -1.62. The zero-order valence-electron chi connectivity index (χ0n) is 9.95. The predicted octanol–water partition coefficient (Wildman–Crippen LogP) is 4.91. The number of rotatable bonds is 4. The molecular formula is C14H12F3NS. The van der Waals surface area contributed by atoms with Gasteiger partial charge in [-0.05, 0) is 29.5 Å². The number of benzene rings is 2. The Labute approximate surface area is 113 Å². The molecule has 0 aromatic heterocycles. The van der Waals surface area contributed by atoms with E-state index in [4.69, 9.17) is 0 Å². The van der Waals surface area contributed by atoms with E-state index in [2.05, 4.69) is 5.32 Å². The highest BCUT2D eigenvalue weighted by Gasteiger charge is 2.30. The molecule has 0 aliphatic heterocycles. The lowest BCUT2D eigenvalue weighted by atomic mass is 10.2. The molecule has 0 aliphatic carbocycles. The molecule has 5 heteroatoms. The number of anilines is 1. The first-order valence-corrected chi connectivity index (χ1v) is 6.49. The average Bonchev–Trinajstić information content (AvgIpc) is 2.37. The van der Waals surface area contributed by atoms with Crippen LogP contribution in [0.2, 0.25) is 0 Å². The third kappa shape index (κ3) is 4.52. The van der Waals surface area contributed by atoms with Crippen LogP contribution in [0.4, 0.5) is 18.9 Å². The maximum atomic E-state index is 12.4. The molecule has 0 spiro atoms. The van der Waals surface area contributed by atoms with Crippen molar-refractivity contribution in [2.45, 2.75) is 16.9 Å². The summed E-state index contributed by atoms with van der Waals surface area (Å²) in [7, 11) is 0. The quantitative estimate of drug-likeness (QED) is 0.800. The van der Waals surface area contributed by atoms with Crippen molar-refractivity contribution in [1.82, 2.24) is 0 Å². The summed E-state index contributed by atoms with van der Waals surface area (Å²) in [6, 6.07) is 16.0. The van der Waals surface area contributed by atoms with E-state index >= 15 is 0 Å². The number of nitrogens with one attached hydrogen (secondary N) is 1. The lowest BCUT2D eigenvalue weighted by Gasteiger charge is -2.13. The Morgan fingerprint density at radius 3 is 2.21 bits per heavy atom. The van der Waals surface area contributed by atoms with Gasteiger partial charge in [-0.15, -0.1) is 0 Å². The molecule has 0 amide bonds. The molecule has 0 heterocycles. The molecule has 0 radical (unpaired) electrons. The molecule has 2 aromatic carbocycles. The maximum absolute atomic E-state index is 12.4. The molecule has 19 heavy (non-hydrogen) atoms. The fourth-order valence-electron chi connectivity index (χ4n) is 1.62. The third-order valence-electron chi connectivity index (χ3n) is 2.44. The summed E-state index contributed by atoms with van der Waals surface area (Å²) in [6.45, 7) is 0.496. The highest BCUT2D eigenvalue weighted by Crippen LogP contribution is 2.40. The van der Waals surface area contributed by atoms with Crippen LogP contribution in [0.5, 0.6) is 0 Å². The Balaban J connectivity index is 2.08. The topological polar surface area (TPSA) is 12.0 Å². The van der Waals surface area contributed by atoms with Crippen LogP contribution in [0.1, 0.15) is 5.56 Å². The summed E-state index contributed by atoms with van der Waals surface area (Å²) in [5, 5.41) is 3.03. The van der Waals surface area contributed by atoms with Crippen LogP contribution in [0.3, 0.4) is 0 Å². The molecule has 100 valence electrons. The molecule has 1 nitrogen and oxygen atoms in total. The SMILES string of the molecule is FC(F)(F)Sc1ccccc1NCc1ccccc1. The number of alkyl halides is 3. The molecule has 0 saturated carbocycles. The average molecular weight is 283 g/mol. The minimum atomic E-state index is -4.27. The van der Waals surface area contributed by atoms with Crippen molar-refractivity contribution in [3.05, 3.63) is 60.2 Å². The van der Waals surface area contributed by atoms with Gasteiger partial charge in [0.25, 0.3) is 0 Å². The smallest absolute Gasteiger partial charge is 0.380 e. The van der Waals surface area contributed by atoms with Crippen LogP contribution in [0.15, 0.2) is 59.5 Å². The summed E-state index contributed by atoms with van der Waals surface area (Å²) in [6.07, 6.45) is 0. The monoisotopic (exact) mass is 283 g/mol. The fourth-order valence-corrected chi connectivity index (χ4v) is 2.27. The molecule has 0 fully saturated rings. The first-order valence-electron chi connectivity index (χ1n) is 5.67. The van der Waals surface area contributed by atoms with E-state index in [0.717, 1.165) is 5.56 Å². The maximum Gasteiger partial charge on any atom is 0.446 e. The lowest BCUT2D eigenvalue weighted by molar-refractivity contribution is -0.0327. The van der Waals surface area contributed by atoms with E-state index < -0.39 is 5.51 Å². The van der Waals surface area contributed by atoms with Crippen LogP contribution in [-0.2, 0) is 6.54 Å². The van der Waals surface area contributed by atoms with Crippen LogP contribution >= 0.6 is 11.8 Å². The van der Waals surface area contributed by atoms with E-state index in [-0.39, 0.29) is 16.7 Å². The van der Waals surface area contributed by atoms with E-state index in [9.17, 15) is 13.2 Å². The zero-order valence-corrected chi connectivity index (χ0v) is 10.8. The standard InChI is InChI=1S/C14H12F3NS/c15-14(16,17)19-13-9-5-4-8-12(13)18-10-11-6-2-1-3-7-11/h1-9,18H,10H2. The van der Waals surface area contributed by atoms with Crippen molar-refractivity contribution in [3.8, 4) is 0 Å². The number of thioether (sulfide) groups is 1. The molecule has 0 unspecified atom stereocenters. The molecular weight excluding hydrogens is 271 g/mol. The van der Waals surface area contributed by atoms with E-state index in [1.165, 1.54) is 6.07 Å². The van der Waals surface area contributed by atoms with Gasteiger partial charge in [0.05, 0.1) is 0 Å². The second kappa shape index (κ2) is 6.02. The Morgan fingerprint density at radius 1 is 0.895 bits per heavy atom. The first kappa shape index (κ1) is 13.8. The van der Waals surface area contributed by atoms with Gasteiger partial charge in [-0.2, -0.15) is 13.2 Å². The largest absolute Gasteiger partial charge is 0.446 e. The van der Waals surface area contributed by atoms with Crippen molar-refractivity contribution in [3.63, 3.8) is 0 Å². The van der Waals surface area contributed by atoms with Gasteiger partial charge in [0.2, 0.25) is 0 Å². The van der Waals surface area contributed by atoms with Crippen LogP contribution in [0.25, 0.3) is 0 Å². The predicted molar refractivity (Wildman–Crippen MR) is 72.1 cm³/mol. The van der Waals surface area contributed by atoms with E-state index in [1.54, 1.807) is 18.2 Å². The van der Waals surface area contributed by atoms with Gasteiger partial charge in [0.1, 0.15) is 0 Å². The Bertz CT molecular complexity index is 526. The van der Waals surface area contributed by atoms with Crippen molar-refractivity contribution in [2.75, 3.05) is 5.32 Å². The van der Waals surface area contributed by atoms with E-state index in [0.29, 0.717) is 12.2 Å². The molecule has 1 N–H and O–H groups in total. The van der Waals surface area contributed by atoms with E-state index in [1.807, 2.05) is 30.3 Å². The third-order valence-corrected chi connectivity index (χ3v) is 3.25. The highest BCUT2D eigenvalue weighted by atomic mass is 32.2. The van der Waals surface area contributed by atoms with Gasteiger partial charge in [0, 0.05) is 17.1 Å². The van der Waals surface area contributed by atoms with Gasteiger partial charge in [-0.25, -0.2) is 0 Å². The zero-order chi connectivity index (χ0) is 13.7. The molecule has 0 saturated heterocycles. The first-order chi connectivity index (χ1) is 9.04. The summed E-state index contributed by atoms with van der Waals surface area (Å²) < 4.78 is 37.3. The van der Waals surface area contributed by atoms with Crippen molar-refractivity contribution in [1.29, 1.82) is 0 Å².